The number of hydrogen-bond acceptors (Lipinski definition) is 4. The van der Waals surface area contributed by atoms with Crippen LogP contribution in [0.1, 0.15) is 22.3 Å². The fourth-order valence-corrected chi connectivity index (χ4v) is 1.90. The summed E-state index contributed by atoms with van der Waals surface area (Å²) in [4.78, 5) is 10.9. The molecule has 1 aromatic rings. The zero-order valence-corrected chi connectivity index (χ0v) is 9.90. The third-order valence-corrected chi connectivity index (χ3v) is 2.74. The van der Waals surface area contributed by atoms with Crippen LogP contribution in [0.25, 0.3) is 0 Å². The topological polar surface area (TPSA) is 44.8 Å². The first-order valence-electron chi connectivity index (χ1n) is 5.72. The Kier molecular flexibility index (Phi) is 3.98. The minimum Gasteiger partial charge on any atom is -0.490 e. The molecule has 0 fully saturated rings. The normalized spacial score (nSPS) is 13.0. The summed E-state index contributed by atoms with van der Waals surface area (Å²) in [5.41, 5.74) is 1.66. The smallest absolute Gasteiger partial charge is 0.165 e. The first-order chi connectivity index (χ1) is 8.36. The molecule has 1 aromatic carbocycles. The molecule has 4 heteroatoms. The number of carbonyl (C=O) groups is 1. The van der Waals surface area contributed by atoms with E-state index >= 15 is 0 Å². The van der Waals surface area contributed by atoms with Crippen molar-refractivity contribution in [2.24, 2.45) is 0 Å². The quantitative estimate of drug-likeness (QED) is 0.558. The van der Waals surface area contributed by atoms with Gasteiger partial charge in [-0.3, -0.25) is 4.79 Å². The molecule has 92 valence electrons. The Balaban J connectivity index is 2.08. The molecule has 17 heavy (non-hydrogen) atoms. The fraction of sp³-hybridized carbons (Fsp3) is 0.462. The summed E-state index contributed by atoms with van der Waals surface area (Å²) in [6, 6.07) is 3.58. The van der Waals surface area contributed by atoms with Gasteiger partial charge in [0.15, 0.2) is 11.5 Å². The summed E-state index contributed by atoms with van der Waals surface area (Å²) in [7, 11) is 1.67. The molecule has 0 aliphatic carbocycles. The molecule has 1 aliphatic heterocycles. The summed E-state index contributed by atoms with van der Waals surface area (Å²) in [6.07, 6.45) is 2.47. The van der Waals surface area contributed by atoms with Crippen molar-refractivity contribution < 1.29 is 19.0 Å². The van der Waals surface area contributed by atoms with Gasteiger partial charge in [-0.1, -0.05) is 0 Å². The van der Waals surface area contributed by atoms with Crippen molar-refractivity contribution in [3.05, 3.63) is 23.3 Å². The first-order valence-corrected chi connectivity index (χ1v) is 5.72. The van der Waals surface area contributed by atoms with Crippen LogP contribution >= 0.6 is 0 Å². The van der Waals surface area contributed by atoms with Crippen LogP contribution in [0.3, 0.4) is 0 Å². The zero-order chi connectivity index (χ0) is 12.1. The Hall–Kier alpha value is -1.55. The number of methoxy groups -OCH3 is 1. The molecular weight excluding hydrogens is 220 g/mol. The van der Waals surface area contributed by atoms with Crippen molar-refractivity contribution >= 4 is 6.29 Å². The van der Waals surface area contributed by atoms with Gasteiger partial charge in [0.1, 0.15) is 6.29 Å². The van der Waals surface area contributed by atoms with Gasteiger partial charge in [0.2, 0.25) is 0 Å². The number of carbonyl (C=O) groups excluding carboxylic acids is 1. The summed E-state index contributed by atoms with van der Waals surface area (Å²) in [5, 5.41) is 0. The highest BCUT2D eigenvalue weighted by Gasteiger charge is 2.20. The molecular formula is C13H16O4. The molecule has 0 amide bonds. The molecule has 0 saturated heterocycles. The molecule has 1 heterocycles. The number of rotatable bonds is 6. The zero-order valence-electron chi connectivity index (χ0n) is 9.90. The van der Waals surface area contributed by atoms with Gasteiger partial charge < -0.3 is 14.2 Å². The highest BCUT2D eigenvalue weighted by atomic mass is 16.5. The van der Waals surface area contributed by atoms with Crippen LogP contribution in [0.2, 0.25) is 0 Å². The van der Waals surface area contributed by atoms with E-state index in [9.17, 15) is 4.79 Å². The minimum absolute atomic E-state index is 0.587. The summed E-state index contributed by atoms with van der Waals surface area (Å²) >= 11 is 0. The van der Waals surface area contributed by atoms with E-state index in [0.717, 1.165) is 36.2 Å². The van der Waals surface area contributed by atoms with Gasteiger partial charge in [-0.2, -0.15) is 0 Å². The van der Waals surface area contributed by atoms with Gasteiger partial charge >= 0.3 is 0 Å². The minimum atomic E-state index is 0.587. The number of aldehydes is 1. The summed E-state index contributed by atoms with van der Waals surface area (Å²) < 4.78 is 16.1. The number of fused-ring (bicyclic) bond motifs is 1. The maximum absolute atomic E-state index is 10.9. The molecule has 0 N–H and O–H groups in total. The number of benzene rings is 1. The number of hydrogen-bond donors (Lipinski definition) is 0. The predicted molar refractivity (Wildman–Crippen MR) is 63.0 cm³/mol. The van der Waals surface area contributed by atoms with Crippen LogP contribution in [0.5, 0.6) is 11.5 Å². The van der Waals surface area contributed by atoms with Crippen molar-refractivity contribution in [2.75, 3.05) is 26.9 Å². The number of ether oxygens (including phenoxy) is 3. The molecule has 0 radical (unpaired) electrons. The maximum atomic E-state index is 10.9. The average molecular weight is 236 g/mol. The largest absolute Gasteiger partial charge is 0.490 e. The first kappa shape index (κ1) is 11.9. The van der Waals surface area contributed by atoms with Crippen LogP contribution < -0.4 is 9.47 Å². The van der Waals surface area contributed by atoms with E-state index in [1.165, 1.54) is 0 Å². The maximum Gasteiger partial charge on any atom is 0.165 e. The van der Waals surface area contributed by atoms with E-state index in [4.69, 9.17) is 14.2 Å². The van der Waals surface area contributed by atoms with E-state index in [1.54, 1.807) is 19.2 Å². The van der Waals surface area contributed by atoms with E-state index in [-0.39, 0.29) is 0 Å². The second-order valence-corrected chi connectivity index (χ2v) is 3.87. The Bertz CT molecular complexity index is 401. The highest BCUT2D eigenvalue weighted by molar-refractivity contribution is 5.80. The van der Waals surface area contributed by atoms with Gasteiger partial charge in [-0.05, 0) is 12.1 Å². The van der Waals surface area contributed by atoms with Crippen LogP contribution in [0, 0.1) is 0 Å². The Morgan fingerprint density at radius 3 is 3.06 bits per heavy atom. The molecule has 0 saturated carbocycles. The van der Waals surface area contributed by atoms with Crippen molar-refractivity contribution in [1.82, 2.24) is 0 Å². The fourth-order valence-electron chi connectivity index (χ4n) is 1.90. The van der Waals surface area contributed by atoms with Crippen molar-refractivity contribution in [3.63, 3.8) is 0 Å². The monoisotopic (exact) mass is 236 g/mol. The summed E-state index contributed by atoms with van der Waals surface area (Å²) in [5.74, 6) is 1.45. The highest BCUT2D eigenvalue weighted by Crippen LogP contribution is 2.37. The van der Waals surface area contributed by atoms with Crippen molar-refractivity contribution in [3.8, 4) is 11.5 Å². The van der Waals surface area contributed by atoms with E-state index in [2.05, 4.69) is 0 Å². The molecule has 0 bridgehead atoms. The second kappa shape index (κ2) is 5.68. The van der Waals surface area contributed by atoms with Crippen LogP contribution in [0.4, 0.5) is 0 Å². The molecule has 1 aliphatic rings. The van der Waals surface area contributed by atoms with Gasteiger partial charge in [-0.25, -0.2) is 0 Å². The second-order valence-electron chi connectivity index (χ2n) is 3.87. The lowest BCUT2D eigenvalue weighted by Crippen LogP contribution is -2.02. The van der Waals surface area contributed by atoms with Gasteiger partial charge in [0.25, 0.3) is 0 Å². The van der Waals surface area contributed by atoms with Crippen LogP contribution in [0.15, 0.2) is 12.1 Å². The predicted octanol–water partition coefficient (Wildman–Crippen LogP) is 1.85. The molecule has 0 atom stereocenters. The molecule has 2 rings (SSSR count). The molecule has 4 nitrogen and oxygen atoms in total. The third kappa shape index (κ3) is 2.58. The molecule has 0 aromatic heterocycles. The van der Waals surface area contributed by atoms with E-state index < -0.39 is 0 Å². The SMILES string of the molecule is COCCCOc1ccc(C=O)c2c1OCC2. The lowest BCUT2D eigenvalue weighted by atomic mass is 10.1. The Labute approximate surface area is 100 Å². The lowest BCUT2D eigenvalue weighted by Gasteiger charge is -2.10. The van der Waals surface area contributed by atoms with Gasteiger partial charge in [0.05, 0.1) is 13.2 Å². The third-order valence-electron chi connectivity index (χ3n) is 2.74. The van der Waals surface area contributed by atoms with Crippen molar-refractivity contribution in [1.29, 1.82) is 0 Å². The molecule has 0 unspecified atom stereocenters. The van der Waals surface area contributed by atoms with Gasteiger partial charge in [-0.15, -0.1) is 0 Å². The van der Waals surface area contributed by atoms with E-state index in [1.807, 2.05) is 0 Å². The average Bonchev–Trinajstić information content (AvgIpc) is 2.84. The van der Waals surface area contributed by atoms with E-state index in [0.29, 0.717) is 25.4 Å². The van der Waals surface area contributed by atoms with Crippen LogP contribution in [-0.4, -0.2) is 33.2 Å². The van der Waals surface area contributed by atoms with Crippen LogP contribution in [-0.2, 0) is 11.2 Å². The van der Waals surface area contributed by atoms with Gasteiger partial charge in [0, 0.05) is 37.7 Å². The Morgan fingerprint density at radius 1 is 1.41 bits per heavy atom. The molecule has 0 spiro atoms. The summed E-state index contributed by atoms with van der Waals surface area (Å²) in [6.45, 7) is 1.88. The lowest BCUT2D eigenvalue weighted by molar-refractivity contribution is 0.112. The standard InChI is InChI=1S/C13H16O4/c1-15-6-2-7-16-12-4-3-10(9-14)11-5-8-17-13(11)12/h3-4,9H,2,5-8H2,1H3. The Morgan fingerprint density at radius 2 is 2.29 bits per heavy atom. The van der Waals surface area contributed by atoms with Crippen molar-refractivity contribution in [2.45, 2.75) is 12.8 Å².